The number of aromatic nitrogens is 1. The summed E-state index contributed by atoms with van der Waals surface area (Å²) in [6.45, 7) is 3.59. The van der Waals surface area contributed by atoms with Gasteiger partial charge in [-0.25, -0.2) is 14.8 Å². The number of nitrogens with one attached hydrogen (secondary N) is 1. The molecule has 0 aliphatic carbocycles. The summed E-state index contributed by atoms with van der Waals surface area (Å²) in [5.74, 6) is -0.299. The number of carboxylic acid groups (broad SMARTS) is 1. The third-order valence-corrected chi connectivity index (χ3v) is 5.63. The third kappa shape index (κ3) is 8.56. The number of aryl methyl sites for hydroxylation is 1. The van der Waals surface area contributed by atoms with E-state index < -0.39 is 17.9 Å². The van der Waals surface area contributed by atoms with Gasteiger partial charge in [0.15, 0.2) is 0 Å². The van der Waals surface area contributed by atoms with Crippen LogP contribution in [0.2, 0.25) is 0 Å². The molecule has 0 aliphatic rings. The van der Waals surface area contributed by atoms with E-state index in [1.165, 1.54) is 37.1 Å². The van der Waals surface area contributed by atoms with Crippen molar-refractivity contribution in [2.45, 2.75) is 20.4 Å². The maximum Gasteiger partial charge on any atom is 0.323 e. The number of guanidine groups is 1. The highest BCUT2D eigenvalue weighted by molar-refractivity contribution is 6.01. The number of carboxylic acids is 1. The van der Waals surface area contributed by atoms with Gasteiger partial charge < -0.3 is 19.5 Å². The number of hydrogen-bond donors (Lipinski definition) is 2. The summed E-state index contributed by atoms with van der Waals surface area (Å²) < 4.78 is 10.8. The fourth-order valence-corrected chi connectivity index (χ4v) is 3.37. The smallest absolute Gasteiger partial charge is 0.323 e. The van der Waals surface area contributed by atoms with E-state index in [1.54, 1.807) is 36.4 Å². The zero-order valence-electron chi connectivity index (χ0n) is 22.2. The number of aliphatic imine (C=N–C) groups is 1. The highest BCUT2D eigenvalue weighted by Gasteiger charge is 2.21. The van der Waals surface area contributed by atoms with Crippen LogP contribution in [0.15, 0.2) is 71.9 Å². The van der Waals surface area contributed by atoms with Crippen LogP contribution in [0.5, 0.6) is 17.4 Å². The van der Waals surface area contributed by atoms with Gasteiger partial charge in [0.2, 0.25) is 18.2 Å². The van der Waals surface area contributed by atoms with Gasteiger partial charge in [0.05, 0.1) is 31.5 Å². The van der Waals surface area contributed by atoms with Crippen molar-refractivity contribution >= 4 is 30.1 Å². The highest BCUT2D eigenvalue weighted by Crippen LogP contribution is 2.25. The Morgan fingerprint density at radius 1 is 1.08 bits per heavy atom. The Balaban J connectivity index is 1.83. The number of ether oxygens (including phenoxy) is 2. The van der Waals surface area contributed by atoms with Gasteiger partial charge in [0.25, 0.3) is 0 Å². The molecule has 204 valence electrons. The van der Waals surface area contributed by atoms with E-state index in [1.807, 2.05) is 31.2 Å². The highest BCUT2D eigenvalue weighted by atomic mass is 16.5. The molecule has 11 heteroatoms. The van der Waals surface area contributed by atoms with Crippen molar-refractivity contribution in [2.24, 2.45) is 10.9 Å². The van der Waals surface area contributed by atoms with Gasteiger partial charge in [0, 0.05) is 19.7 Å². The number of nitrogens with zero attached hydrogens (tertiary/aromatic N) is 4. The lowest BCUT2D eigenvalue weighted by molar-refractivity contribution is -0.141. The van der Waals surface area contributed by atoms with E-state index in [4.69, 9.17) is 9.47 Å². The fraction of sp³-hybridized carbons (Fsp3) is 0.250. The first-order chi connectivity index (χ1) is 18.7. The van der Waals surface area contributed by atoms with Crippen molar-refractivity contribution in [1.82, 2.24) is 20.1 Å². The van der Waals surface area contributed by atoms with Gasteiger partial charge >= 0.3 is 12.0 Å². The molecule has 1 aromatic heterocycles. The average Bonchev–Trinajstić information content (AvgIpc) is 2.93. The summed E-state index contributed by atoms with van der Waals surface area (Å²) in [7, 11) is 3.00. The maximum atomic E-state index is 12.9. The summed E-state index contributed by atoms with van der Waals surface area (Å²) in [4.78, 5) is 47.3. The molecule has 0 saturated heterocycles. The van der Waals surface area contributed by atoms with E-state index >= 15 is 0 Å². The minimum Gasteiger partial charge on any atom is -0.481 e. The van der Waals surface area contributed by atoms with Crippen LogP contribution in [-0.2, 0) is 16.1 Å². The molecule has 0 saturated carbocycles. The van der Waals surface area contributed by atoms with Gasteiger partial charge in [-0.1, -0.05) is 36.8 Å². The van der Waals surface area contributed by atoms with Crippen LogP contribution >= 0.6 is 0 Å². The third-order valence-electron chi connectivity index (χ3n) is 5.63. The number of carbonyl (C=O) groups excluding carboxylic acids is 2. The second-order valence-electron chi connectivity index (χ2n) is 8.84. The summed E-state index contributed by atoms with van der Waals surface area (Å²) in [6, 6.07) is 17.1. The maximum absolute atomic E-state index is 12.9. The predicted molar refractivity (Wildman–Crippen MR) is 145 cm³/mol. The molecule has 39 heavy (non-hydrogen) atoms. The number of methoxy groups -OCH3 is 1. The largest absolute Gasteiger partial charge is 0.481 e. The minimum atomic E-state index is -1.02. The summed E-state index contributed by atoms with van der Waals surface area (Å²) in [5, 5.41) is 11.8. The summed E-state index contributed by atoms with van der Waals surface area (Å²) in [5.41, 5.74) is 2.35. The van der Waals surface area contributed by atoms with Gasteiger partial charge in [-0.15, -0.1) is 0 Å². The Hall–Kier alpha value is -4.93. The van der Waals surface area contributed by atoms with Crippen LogP contribution < -0.4 is 14.8 Å². The number of aliphatic carboxylic acids is 1. The molecule has 0 spiro atoms. The van der Waals surface area contributed by atoms with Crippen LogP contribution in [0.4, 0.5) is 10.5 Å². The van der Waals surface area contributed by atoms with E-state index in [2.05, 4.69) is 15.3 Å². The zero-order chi connectivity index (χ0) is 28.4. The number of hydrogen-bond acceptors (Lipinski definition) is 7. The number of carbonyl (C=O) groups is 3. The minimum absolute atomic E-state index is 0.0153. The molecule has 0 fully saturated rings. The second-order valence-corrected chi connectivity index (χ2v) is 8.84. The number of benzene rings is 2. The van der Waals surface area contributed by atoms with Crippen molar-refractivity contribution < 1.29 is 29.0 Å². The Bertz CT molecular complexity index is 1290. The van der Waals surface area contributed by atoms with Crippen molar-refractivity contribution in [3.63, 3.8) is 0 Å². The number of amides is 3. The first-order valence-corrected chi connectivity index (χ1v) is 12.1. The monoisotopic (exact) mass is 533 g/mol. The molecule has 2 aromatic carbocycles. The first kappa shape index (κ1) is 28.6. The standard InChI is InChI=1S/C28H31N5O6/c1-19-5-7-21(8-6-19)17-33(18-34)27(31-28(37)32(3)16-20(2)26(35)36)30-22-9-11-23(12-10-22)39-24-13-14-25(38-4)29-15-24/h5-15,18,20H,16-17H2,1-4H3,(H,35,36)(H,30,31,37). The molecule has 1 heterocycles. The molecule has 2 N–H and O–H groups in total. The van der Waals surface area contributed by atoms with Gasteiger partial charge in [-0.05, 0) is 42.8 Å². The van der Waals surface area contributed by atoms with Crippen molar-refractivity contribution in [1.29, 1.82) is 0 Å². The quantitative estimate of drug-likeness (QED) is 0.227. The Labute approximate surface area is 226 Å². The molecule has 0 radical (unpaired) electrons. The fourth-order valence-electron chi connectivity index (χ4n) is 3.37. The Morgan fingerprint density at radius 2 is 1.74 bits per heavy atom. The van der Waals surface area contributed by atoms with Gasteiger partial charge in [-0.3, -0.25) is 19.8 Å². The molecule has 3 rings (SSSR count). The molecular formula is C28H31N5O6. The molecule has 0 bridgehead atoms. The lowest BCUT2D eigenvalue weighted by Gasteiger charge is -2.24. The summed E-state index contributed by atoms with van der Waals surface area (Å²) >= 11 is 0. The first-order valence-electron chi connectivity index (χ1n) is 12.1. The topological polar surface area (TPSA) is 134 Å². The summed E-state index contributed by atoms with van der Waals surface area (Å²) in [6.07, 6.45) is 2.11. The van der Waals surface area contributed by atoms with E-state index in [0.29, 0.717) is 29.5 Å². The van der Waals surface area contributed by atoms with Crippen LogP contribution in [-0.4, -0.2) is 65.0 Å². The van der Waals surface area contributed by atoms with Gasteiger partial charge in [0.1, 0.15) is 11.5 Å². The molecular weight excluding hydrogens is 502 g/mol. The average molecular weight is 534 g/mol. The lowest BCUT2D eigenvalue weighted by Crippen LogP contribution is -2.49. The second kappa shape index (κ2) is 13.6. The molecule has 3 amide bonds. The molecule has 1 atom stereocenters. The SMILES string of the molecule is COc1ccc(Oc2ccc(N=C(NC(=O)N(C)CC(C)C(=O)O)N(C=O)Cc3ccc(C)cc3)cc2)cn1. The zero-order valence-corrected chi connectivity index (χ0v) is 22.2. The Kier molecular flexibility index (Phi) is 9.96. The van der Waals surface area contributed by atoms with Crippen LogP contribution in [0.3, 0.4) is 0 Å². The predicted octanol–water partition coefficient (Wildman–Crippen LogP) is 4.20. The normalized spacial score (nSPS) is 11.7. The number of rotatable bonds is 10. The van der Waals surface area contributed by atoms with Crippen molar-refractivity contribution in [2.75, 3.05) is 20.7 Å². The molecule has 3 aromatic rings. The van der Waals surface area contributed by atoms with Crippen molar-refractivity contribution in [3.05, 3.63) is 78.0 Å². The molecule has 11 nitrogen and oxygen atoms in total. The van der Waals surface area contributed by atoms with Crippen LogP contribution in [0, 0.1) is 12.8 Å². The van der Waals surface area contributed by atoms with E-state index in [0.717, 1.165) is 11.1 Å². The van der Waals surface area contributed by atoms with Crippen LogP contribution in [0.1, 0.15) is 18.1 Å². The van der Waals surface area contributed by atoms with Gasteiger partial charge in [-0.2, -0.15) is 0 Å². The Morgan fingerprint density at radius 3 is 2.31 bits per heavy atom. The lowest BCUT2D eigenvalue weighted by atomic mass is 10.1. The number of pyridine rings is 1. The van der Waals surface area contributed by atoms with E-state index in [9.17, 15) is 19.5 Å². The molecule has 0 aliphatic heterocycles. The van der Waals surface area contributed by atoms with Crippen LogP contribution in [0.25, 0.3) is 0 Å². The number of urea groups is 1. The van der Waals surface area contributed by atoms with E-state index in [-0.39, 0.29) is 19.0 Å². The molecule has 1 unspecified atom stereocenters. The van der Waals surface area contributed by atoms with Crippen molar-refractivity contribution in [3.8, 4) is 17.4 Å².